The van der Waals surface area contributed by atoms with Gasteiger partial charge in [0.1, 0.15) is 5.75 Å². The van der Waals surface area contributed by atoms with Gasteiger partial charge in [-0.3, -0.25) is 0 Å². The molecule has 124 valence electrons. The summed E-state index contributed by atoms with van der Waals surface area (Å²) < 4.78 is 0. The van der Waals surface area contributed by atoms with E-state index in [4.69, 9.17) is 0 Å². The van der Waals surface area contributed by atoms with Crippen molar-refractivity contribution in [2.24, 2.45) is 11.8 Å². The first-order valence-electron chi connectivity index (χ1n) is 9.25. The molecule has 0 aromatic heterocycles. The average molecular weight is 326 g/mol. The molecule has 0 amide bonds. The molecule has 2 atom stereocenters. The van der Waals surface area contributed by atoms with Gasteiger partial charge in [0.2, 0.25) is 0 Å². The lowest BCUT2D eigenvalue weighted by Crippen LogP contribution is -2.01. The minimum Gasteiger partial charge on any atom is -0.507 e. The summed E-state index contributed by atoms with van der Waals surface area (Å²) in [7, 11) is 0. The van der Waals surface area contributed by atoms with Crippen molar-refractivity contribution < 1.29 is 5.11 Å². The predicted molar refractivity (Wildman–Crippen MR) is 105 cm³/mol. The number of phenolic OH excluding ortho intramolecular Hbond substituents is 1. The highest BCUT2D eigenvalue weighted by atomic mass is 16.3. The lowest BCUT2D eigenvalue weighted by atomic mass is 9.82. The number of phenols is 1. The normalized spacial score (nSPS) is 21.7. The van der Waals surface area contributed by atoms with Gasteiger partial charge in [-0.15, -0.1) is 0 Å². The molecule has 2 unspecified atom stereocenters. The lowest BCUT2D eigenvalue weighted by Gasteiger charge is -2.22. The Labute approximate surface area is 148 Å². The molecular weight excluding hydrogens is 304 g/mol. The zero-order valence-corrected chi connectivity index (χ0v) is 14.5. The van der Waals surface area contributed by atoms with Crippen LogP contribution in [0.3, 0.4) is 0 Å². The van der Waals surface area contributed by atoms with Gasteiger partial charge in [0.05, 0.1) is 0 Å². The van der Waals surface area contributed by atoms with Crippen molar-refractivity contribution in [2.45, 2.75) is 26.2 Å². The SMILES string of the molecule is Cc1cc(-c2ccccc2O)c(C2=CC3CCC2C3)c2ccccc12. The van der Waals surface area contributed by atoms with Crippen LogP contribution >= 0.6 is 0 Å². The quantitative estimate of drug-likeness (QED) is 0.583. The summed E-state index contributed by atoms with van der Waals surface area (Å²) in [4.78, 5) is 0. The van der Waals surface area contributed by atoms with E-state index in [0.29, 0.717) is 11.7 Å². The number of hydrogen-bond acceptors (Lipinski definition) is 1. The zero-order chi connectivity index (χ0) is 17.0. The highest BCUT2D eigenvalue weighted by Gasteiger charge is 2.35. The maximum atomic E-state index is 10.5. The maximum absolute atomic E-state index is 10.5. The van der Waals surface area contributed by atoms with Gasteiger partial charge in [0.15, 0.2) is 0 Å². The fourth-order valence-corrected chi connectivity index (χ4v) is 4.91. The Kier molecular flexibility index (Phi) is 3.24. The fourth-order valence-electron chi connectivity index (χ4n) is 4.91. The summed E-state index contributed by atoms with van der Waals surface area (Å²) in [5.74, 6) is 1.79. The fraction of sp³-hybridized carbons (Fsp3) is 0.250. The van der Waals surface area contributed by atoms with Crippen molar-refractivity contribution in [3.63, 3.8) is 0 Å². The Bertz CT molecular complexity index is 1010. The van der Waals surface area contributed by atoms with Gasteiger partial charge < -0.3 is 5.11 Å². The first kappa shape index (κ1) is 14.8. The molecule has 25 heavy (non-hydrogen) atoms. The van der Waals surface area contributed by atoms with Crippen LogP contribution in [-0.4, -0.2) is 5.11 Å². The summed E-state index contributed by atoms with van der Waals surface area (Å²) in [5.41, 5.74) is 6.23. The highest BCUT2D eigenvalue weighted by Crippen LogP contribution is 2.52. The third-order valence-corrected chi connectivity index (χ3v) is 6.06. The van der Waals surface area contributed by atoms with Crippen molar-refractivity contribution in [1.29, 1.82) is 0 Å². The van der Waals surface area contributed by atoms with E-state index >= 15 is 0 Å². The van der Waals surface area contributed by atoms with Crippen LogP contribution in [0.25, 0.3) is 27.5 Å². The molecule has 1 heteroatoms. The average Bonchev–Trinajstić information content (AvgIpc) is 3.25. The van der Waals surface area contributed by atoms with Crippen LogP contribution in [0, 0.1) is 18.8 Å². The van der Waals surface area contributed by atoms with E-state index in [2.05, 4.69) is 43.3 Å². The second-order valence-corrected chi connectivity index (χ2v) is 7.57. The van der Waals surface area contributed by atoms with Crippen molar-refractivity contribution in [3.05, 3.63) is 71.8 Å². The Morgan fingerprint density at radius 3 is 2.36 bits per heavy atom. The first-order chi connectivity index (χ1) is 12.2. The van der Waals surface area contributed by atoms with E-state index in [0.717, 1.165) is 11.5 Å². The molecule has 0 spiro atoms. The topological polar surface area (TPSA) is 20.2 Å². The van der Waals surface area contributed by atoms with E-state index < -0.39 is 0 Å². The number of rotatable bonds is 2. The van der Waals surface area contributed by atoms with Crippen molar-refractivity contribution >= 4 is 16.3 Å². The molecule has 5 rings (SSSR count). The number of para-hydroxylation sites is 1. The molecule has 0 heterocycles. The van der Waals surface area contributed by atoms with Gasteiger partial charge in [-0.25, -0.2) is 0 Å². The van der Waals surface area contributed by atoms with Gasteiger partial charge in [0, 0.05) is 5.56 Å². The van der Waals surface area contributed by atoms with Crippen LogP contribution in [0.15, 0.2) is 60.7 Å². The number of fused-ring (bicyclic) bond motifs is 3. The Hall–Kier alpha value is -2.54. The summed E-state index contributed by atoms with van der Waals surface area (Å²) >= 11 is 0. The van der Waals surface area contributed by atoms with Crippen LogP contribution in [0.5, 0.6) is 5.75 Å². The molecule has 1 N–H and O–H groups in total. The first-order valence-corrected chi connectivity index (χ1v) is 9.25. The summed E-state index contributed by atoms with van der Waals surface area (Å²) in [6.07, 6.45) is 6.45. The highest BCUT2D eigenvalue weighted by molar-refractivity contribution is 6.03. The molecule has 1 fully saturated rings. The number of hydrogen-bond donors (Lipinski definition) is 1. The van der Waals surface area contributed by atoms with Crippen LogP contribution in [0.2, 0.25) is 0 Å². The summed E-state index contributed by atoms with van der Waals surface area (Å²) in [5, 5.41) is 13.1. The molecule has 2 bridgehead atoms. The minimum absolute atomic E-state index is 0.363. The second-order valence-electron chi connectivity index (χ2n) is 7.57. The third-order valence-electron chi connectivity index (χ3n) is 6.06. The van der Waals surface area contributed by atoms with Gasteiger partial charge in [-0.05, 0) is 77.1 Å². The lowest BCUT2D eigenvalue weighted by molar-refractivity contribution is 0.477. The molecule has 0 radical (unpaired) electrons. The minimum atomic E-state index is 0.363. The van der Waals surface area contributed by atoms with Crippen molar-refractivity contribution in [3.8, 4) is 16.9 Å². The monoisotopic (exact) mass is 326 g/mol. The number of aromatic hydroxyl groups is 1. The molecule has 2 aliphatic carbocycles. The summed E-state index contributed by atoms with van der Waals surface area (Å²) in [6.45, 7) is 2.17. The Morgan fingerprint density at radius 2 is 1.64 bits per heavy atom. The van der Waals surface area contributed by atoms with E-state index in [9.17, 15) is 5.11 Å². The Morgan fingerprint density at radius 1 is 0.880 bits per heavy atom. The molecule has 0 aliphatic heterocycles. The number of aryl methyl sites for hydroxylation is 1. The van der Waals surface area contributed by atoms with Gasteiger partial charge in [-0.1, -0.05) is 54.6 Å². The largest absolute Gasteiger partial charge is 0.507 e. The van der Waals surface area contributed by atoms with E-state index in [1.807, 2.05) is 18.2 Å². The number of allylic oxidation sites excluding steroid dienone is 2. The van der Waals surface area contributed by atoms with Crippen molar-refractivity contribution in [2.75, 3.05) is 0 Å². The smallest absolute Gasteiger partial charge is 0.123 e. The van der Waals surface area contributed by atoms with Gasteiger partial charge >= 0.3 is 0 Å². The van der Waals surface area contributed by atoms with Crippen LogP contribution in [0.1, 0.15) is 30.4 Å². The standard InChI is InChI=1S/C24H22O/c1-15-12-22(19-7-4-5-9-23(19)25)24(20-8-3-2-6-18(15)20)21-14-16-10-11-17(21)13-16/h2-9,12,14,16-17,25H,10-11,13H2,1H3. The second kappa shape index (κ2) is 5.49. The maximum Gasteiger partial charge on any atom is 0.123 e. The van der Waals surface area contributed by atoms with Gasteiger partial charge in [-0.2, -0.15) is 0 Å². The third kappa shape index (κ3) is 2.22. The number of benzene rings is 3. The molecule has 1 saturated carbocycles. The van der Waals surface area contributed by atoms with Gasteiger partial charge in [0.25, 0.3) is 0 Å². The van der Waals surface area contributed by atoms with Crippen molar-refractivity contribution in [1.82, 2.24) is 0 Å². The van der Waals surface area contributed by atoms with Crippen LogP contribution < -0.4 is 0 Å². The van der Waals surface area contributed by atoms with Crippen LogP contribution in [0.4, 0.5) is 0 Å². The molecule has 1 nitrogen and oxygen atoms in total. The van der Waals surface area contributed by atoms with Crippen LogP contribution in [-0.2, 0) is 0 Å². The zero-order valence-electron chi connectivity index (χ0n) is 14.5. The molecule has 2 aliphatic rings. The molecule has 3 aromatic carbocycles. The Balaban J connectivity index is 1.87. The molecule has 3 aromatic rings. The van der Waals surface area contributed by atoms with E-state index in [1.165, 1.54) is 52.3 Å². The van der Waals surface area contributed by atoms with E-state index in [1.54, 1.807) is 6.07 Å². The summed E-state index contributed by atoms with van der Waals surface area (Å²) in [6, 6.07) is 18.7. The predicted octanol–water partition coefficient (Wildman–Crippen LogP) is 6.33. The molecule has 0 saturated heterocycles. The van der Waals surface area contributed by atoms with E-state index in [-0.39, 0.29) is 0 Å². The molecular formula is C24H22O.